The van der Waals surface area contributed by atoms with Gasteiger partial charge in [0.05, 0.1) is 23.6 Å². The van der Waals surface area contributed by atoms with Gasteiger partial charge in [0.2, 0.25) is 0 Å². The van der Waals surface area contributed by atoms with Gasteiger partial charge in [0.15, 0.2) is 0 Å². The Hall–Kier alpha value is -1.72. The molecule has 1 aromatic carbocycles. The molecule has 5 heteroatoms. The highest BCUT2D eigenvalue weighted by Crippen LogP contribution is 2.06. The number of rotatable bonds is 5. The third-order valence-corrected chi connectivity index (χ3v) is 3.01. The molecule has 1 unspecified atom stereocenters. The van der Waals surface area contributed by atoms with Gasteiger partial charge in [0, 0.05) is 6.54 Å². The molecule has 0 amide bonds. The molecule has 0 saturated carbocycles. The zero-order valence-electron chi connectivity index (χ0n) is 11.3. The maximum Gasteiger partial charge on any atom is 0.258 e. The fraction of sp³-hybridized carbons (Fsp3) is 0.429. The lowest BCUT2D eigenvalue weighted by Gasteiger charge is -2.16. The van der Waals surface area contributed by atoms with Crippen molar-refractivity contribution < 1.29 is 5.11 Å². The van der Waals surface area contributed by atoms with E-state index >= 15 is 0 Å². The summed E-state index contributed by atoms with van der Waals surface area (Å²) in [6.45, 7) is 3.09. The molecule has 0 fully saturated rings. The highest BCUT2D eigenvalue weighted by Gasteiger charge is 2.07. The van der Waals surface area contributed by atoms with Crippen LogP contribution in [0.4, 0.5) is 0 Å². The molecule has 5 nitrogen and oxygen atoms in total. The minimum absolute atomic E-state index is 0.107. The molecule has 1 heterocycles. The Bertz CT molecular complexity index is 607. The van der Waals surface area contributed by atoms with Crippen LogP contribution in [-0.4, -0.2) is 39.7 Å². The third kappa shape index (κ3) is 3.62. The molecular weight excluding hydrogens is 242 g/mol. The van der Waals surface area contributed by atoms with E-state index in [9.17, 15) is 9.90 Å². The van der Waals surface area contributed by atoms with Crippen molar-refractivity contribution in [3.63, 3.8) is 0 Å². The van der Waals surface area contributed by atoms with Gasteiger partial charge in [0.25, 0.3) is 5.56 Å². The normalized spacial score (nSPS) is 13.1. The molecule has 19 heavy (non-hydrogen) atoms. The molecule has 0 aliphatic rings. The summed E-state index contributed by atoms with van der Waals surface area (Å²) in [5.74, 6) is 0.650. The minimum Gasteiger partial charge on any atom is -0.393 e. The van der Waals surface area contributed by atoms with Crippen LogP contribution >= 0.6 is 0 Å². The number of nitrogens with one attached hydrogen (secondary N) is 1. The SMILES string of the molecule is CC(O)CCN(C)Cc1nc2ccccc2c(=O)[nH]1. The summed E-state index contributed by atoms with van der Waals surface area (Å²) in [7, 11) is 1.94. The average Bonchev–Trinajstić information content (AvgIpc) is 2.36. The molecule has 2 aromatic rings. The fourth-order valence-corrected chi connectivity index (χ4v) is 1.95. The number of hydrogen-bond acceptors (Lipinski definition) is 4. The Kier molecular flexibility index (Phi) is 4.29. The molecule has 0 spiro atoms. The number of para-hydroxylation sites is 1. The summed E-state index contributed by atoms with van der Waals surface area (Å²) in [5, 5.41) is 9.86. The molecule has 102 valence electrons. The number of aliphatic hydroxyl groups is 1. The standard InChI is InChI=1S/C14H19N3O2/c1-10(18)7-8-17(2)9-13-15-12-6-4-3-5-11(12)14(19)16-13/h3-6,10,18H,7-9H2,1-2H3,(H,15,16,19). The number of aromatic amines is 1. The summed E-state index contributed by atoms with van der Waals surface area (Å²) >= 11 is 0. The van der Waals surface area contributed by atoms with Crippen molar-refractivity contribution in [2.45, 2.75) is 26.0 Å². The highest BCUT2D eigenvalue weighted by atomic mass is 16.3. The second-order valence-corrected chi connectivity index (χ2v) is 4.91. The fourth-order valence-electron chi connectivity index (χ4n) is 1.95. The van der Waals surface area contributed by atoms with E-state index in [-0.39, 0.29) is 11.7 Å². The minimum atomic E-state index is -0.314. The van der Waals surface area contributed by atoms with Crippen LogP contribution in [0.2, 0.25) is 0 Å². The zero-order chi connectivity index (χ0) is 13.8. The van der Waals surface area contributed by atoms with Crippen molar-refractivity contribution in [3.8, 4) is 0 Å². The number of nitrogens with zero attached hydrogens (tertiary/aromatic N) is 2. The molecule has 2 N–H and O–H groups in total. The van der Waals surface area contributed by atoms with E-state index in [2.05, 4.69) is 9.97 Å². The molecule has 2 rings (SSSR count). The van der Waals surface area contributed by atoms with Crippen molar-refractivity contribution in [1.82, 2.24) is 14.9 Å². The summed E-state index contributed by atoms with van der Waals surface area (Å²) in [5.41, 5.74) is 0.606. The van der Waals surface area contributed by atoms with Gasteiger partial charge >= 0.3 is 0 Å². The number of aliphatic hydroxyl groups excluding tert-OH is 1. The van der Waals surface area contributed by atoms with Crippen molar-refractivity contribution in [2.24, 2.45) is 0 Å². The lowest BCUT2D eigenvalue weighted by Crippen LogP contribution is -2.24. The summed E-state index contributed by atoms with van der Waals surface area (Å²) in [4.78, 5) is 21.2. The summed E-state index contributed by atoms with van der Waals surface area (Å²) in [6, 6.07) is 7.30. The van der Waals surface area contributed by atoms with E-state index in [1.807, 2.05) is 30.1 Å². The Labute approximate surface area is 111 Å². The van der Waals surface area contributed by atoms with Crippen molar-refractivity contribution >= 4 is 10.9 Å². The van der Waals surface area contributed by atoms with Crippen LogP contribution < -0.4 is 5.56 Å². The van der Waals surface area contributed by atoms with Gasteiger partial charge in [0.1, 0.15) is 5.82 Å². The van der Waals surface area contributed by atoms with E-state index in [0.717, 1.165) is 6.54 Å². The number of hydrogen-bond donors (Lipinski definition) is 2. The van der Waals surface area contributed by atoms with Crippen LogP contribution in [0.15, 0.2) is 29.1 Å². The molecule has 1 aromatic heterocycles. The topological polar surface area (TPSA) is 69.2 Å². The van der Waals surface area contributed by atoms with Gasteiger partial charge in [-0.05, 0) is 32.5 Å². The van der Waals surface area contributed by atoms with Crippen molar-refractivity contribution in [2.75, 3.05) is 13.6 Å². The van der Waals surface area contributed by atoms with Gasteiger partial charge in [-0.2, -0.15) is 0 Å². The first-order valence-electron chi connectivity index (χ1n) is 6.41. The van der Waals surface area contributed by atoms with Gasteiger partial charge in [-0.15, -0.1) is 0 Å². The zero-order valence-corrected chi connectivity index (χ0v) is 11.3. The van der Waals surface area contributed by atoms with E-state index < -0.39 is 0 Å². The van der Waals surface area contributed by atoms with Crippen LogP contribution in [0.3, 0.4) is 0 Å². The second kappa shape index (κ2) is 5.95. The van der Waals surface area contributed by atoms with E-state index in [0.29, 0.717) is 29.7 Å². The second-order valence-electron chi connectivity index (χ2n) is 4.91. The molecular formula is C14H19N3O2. The molecule has 0 bridgehead atoms. The van der Waals surface area contributed by atoms with Gasteiger partial charge in [-0.1, -0.05) is 12.1 Å². The van der Waals surface area contributed by atoms with Crippen molar-refractivity contribution in [3.05, 3.63) is 40.4 Å². The van der Waals surface area contributed by atoms with Gasteiger partial charge < -0.3 is 10.1 Å². The Morgan fingerprint density at radius 2 is 2.16 bits per heavy atom. The maximum absolute atomic E-state index is 11.9. The maximum atomic E-state index is 11.9. The number of fused-ring (bicyclic) bond motifs is 1. The molecule has 0 radical (unpaired) electrons. The van der Waals surface area contributed by atoms with Crippen LogP contribution in [0.5, 0.6) is 0 Å². The number of benzene rings is 1. The molecule has 1 atom stereocenters. The first-order chi connectivity index (χ1) is 9.06. The van der Waals surface area contributed by atoms with Crippen LogP contribution in [0.25, 0.3) is 10.9 Å². The molecule has 0 aliphatic heterocycles. The molecule has 0 aliphatic carbocycles. The predicted molar refractivity (Wildman–Crippen MR) is 75.0 cm³/mol. The Morgan fingerprint density at radius 1 is 1.42 bits per heavy atom. The van der Waals surface area contributed by atoms with Crippen LogP contribution in [0.1, 0.15) is 19.2 Å². The van der Waals surface area contributed by atoms with Gasteiger partial charge in [-0.3, -0.25) is 9.69 Å². The average molecular weight is 261 g/mol. The number of aromatic nitrogens is 2. The Morgan fingerprint density at radius 3 is 2.89 bits per heavy atom. The lowest BCUT2D eigenvalue weighted by molar-refractivity contribution is 0.162. The monoisotopic (exact) mass is 261 g/mol. The first kappa shape index (κ1) is 13.7. The predicted octanol–water partition coefficient (Wildman–Crippen LogP) is 1.13. The van der Waals surface area contributed by atoms with Gasteiger partial charge in [-0.25, -0.2) is 4.98 Å². The smallest absolute Gasteiger partial charge is 0.258 e. The number of H-pyrrole nitrogens is 1. The largest absolute Gasteiger partial charge is 0.393 e. The van der Waals surface area contributed by atoms with Crippen molar-refractivity contribution in [1.29, 1.82) is 0 Å². The summed E-state index contributed by atoms with van der Waals surface area (Å²) < 4.78 is 0. The first-order valence-corrected chi connectivity index (χ1v) is 6.41. The summed E-state index contributed by atoms with van der Waals surface area (Å²) in [6.07, 6.45) is 0.389. The lowest BCUT2D eigenvalue weighted by atomic mass is 10.2. The Balaban J connectivity index is 2.15. The van der Waals surface area contributed by atoms with E-state index in [4.69, 9.17) is 0 Å². The van der Waals surface area contributed by atoms with Crippen LogP contribution in [-0.2, 0) is 6.54 Å². The molecule has 0 saturated heterocycles. The third-order valence-electron chi connectivity index (χ3n) is 3.01. The quantitative estimate of drug-likeness (QED) is 0.846. The van der Waals surface area contributed by atoms with E-state index in [1.54, 1.807) is 13.0 Å². The van der Waals surface area contributed by atoms with Crippen LogP contribution in [0, 0.1) is 0 Å². The van der Waals surface area contributed by atoms with E-state index in [1.165, 1.54) is 0 Å². The highest BCUT2D eigenvalue weighted by molar-refractivity contribution is 5.77.